The van der Waals surface area contributed by atoms with Crippen LogP contribution in [0.2, 0.25) is 0 Å². The molecule has 0 atom stereocenters. The van der Waals surface area contributed by atoms with Gasteiger partial charge in [0.05, 0.1) is 11.4 Å². The van der Waals surface area contributed by atoms with Crippen LogP contribution in [0.15, 0.2) is 17.5 Å². The van der Waals surface area contributed by atoms with Gasteiger partial charge in [-0.1, -0.05) is 17.9 Å². The van der Waals surface area contributed by atoms with Crippen molar-refractivity contribution in [3.63, 3.8) is 0 Å². The third kappa shape index (κ3) is 2.88. The predicted molar refractivity (Wildman–Crippen MR) is 47.5 cm³/mol. The van der Waals surface area contributed by atoms with Crippen LogP contribution in [0.1, 0.15) is 4.88 Å². The summed E-state index contributed by atoms with van der Waals surface area (Å²) in [4.78, 5) is 1.08. The molecule has 1 aromatic rings. The molecule has 1 nitrogen and oxygen atoms in total. The van der Waals surface area contributed by atoms with E-state index in [0.29, 0.717) is 6.54 Å². The van der Waals surface area contributed by atoms with Crippen LogP contribution in [-0.4, -0.2) is 6.54 Å². The van der Waals surface area contributed by atoms with Crippen molar-refractivity contribution >= 4 is 23.7 Å². The minimum atomic E-state index is 0. The Morgan fingerprint density at radius 2 is 2.40 bits per heavy atom. The topological polar surface area (TPSA) is 26.0 Å². The van der Waals surface area contributed by atoms with Gasteiger partial charge in [0, 0.05) is 0 Å². The Morgan fingerprint density at radius 3 is 2.90 bits per heavy atom. The minimum Gasteiger partial charge on any atom is -0.320 e. The van der Waals surface area contributed by atoms with Crippen LogP contribution in [-0.2, 0) is 0 Å². The van der Waals surface area contributed by atoms with E-state index in [2.05, 4.69) is 11.8 Å². The molecule has 2 N–H and O–H groups in total. The van der Waals surface area contributed by atoms with Crippen LogP contribution in [0.4, 0.5) is 0 Å². The summed E-state index contributed by atoms with van der Waals surface area (Å²) < 4.78 is 0. The maximum Gasteiger partial charge on any atom is 0.0768 e. The summed E-state index contributed by atoms with van der Waals surface area (Å²) >= 11 is 1.63. The molecule has 1 rings (SSSR count). The van der Waals surface area contributed by atoms with Crippen LogP contribution < -0.4 is 5.73 Å². The molecule has 0 saturated carbocycles. The Hall–Kier alpha value is -0.490. The lowest BCUT2D eigenvalue weighted by atomic mass is 10.4. The third-order valence-electron chi connectivity index (χ3n) is 0.835. The lowest BCUT2D eigenvalue weighted by molar-refractivity contribution is 1.30. The first-order valence-electron chi connectivity index (χ1n) is 2.66. The van der Waals surface area contributed by atoms with E-state index in [1.54, 1.807) is 11.3 Å². The highest BCUT2D eigenvalue weighted by Gasteiger charge is 1.81. The molecule has 0 aliphatic heterocycles. The molecule has 1 aromatic heterocycles. The first kappa shape index (κ1) is 9.51. The summed E-state index contributed by atoms with van der Waals surface area (Å²) in [5, 5.41) is 2.00. The van der Waals surface area contributed by atoms with Gasteiger partial charge in [-0.2, -0.15) is 0 Å². The molecule has 0 amide bonds. The third-order valence-corrected chi connectivity index (χ3v) is 1.62. The predicted octanol–water partition coefficient (Wildman–Crippen LogP) is 1.48. The molecule has 1 heterocycles. The molecule has 0 aromatic carbocycles. The number of hydrogen-bond acceptors (Lipinski definition) is 2. The Morgan fingerprint density at radius 1 is 1.60 bits per heavy atom. The fraction of sp³-hybridized carbons (Fsp3) is 0.143. The van der Waals surface area contributed by atoms with Crippen molar-refractivity contribution in [1.82, 2.24) is 0 Å². The number of thiophene rings is 1. The normalized spacial score (nSPS) is 7.30. The van der Waals surface area contributed by atoms with E-state index in [9.17, 15) is 0 Å². The number of halogens is 1. The van der Waals surface area contributed by atoms with Crippen LogP contribution in [0, 0.1) is 11.8 Å². The SMILES string of the molecule is Cl.NCC#Cc1cccs1. The molecule has 0 aliphatic carbocycles. The average Bonchev–Trinajstić information content (AvgIpc) is 2.34. The molecule has 0 radical (unpaired) electrons. The fourth-order valence-corrected chi connectivity index (χ4v) is 1.08. The number of nitrogens with two attached hydrogens (primary N) is 1. The molecule has 0 unspecified atom stereocenters. The van der Waals surface area contributed by atoms with E-state index < -0.39 is 0 Å². The lowest BCUT2D eigenvalue weighted by Gasteiger charge is -1.73. The van der Waals surface area contributed by atoms with E-state index in [4.69, 9.17) is 5.73 Å². The quantitative estimate of drug-likeness (QED) is 0.591. The maximum atomic E-state index is 5.18. The standard InChI is InChI=1S/C7H7NS.ClH/c8-5-1-3-7-4-2-6-9-7;/h2,4,6H,5,8H2;1H. The second-order valence-electron chi connectivity index (χ2n) is 1.48. The molecular weight excluding hydrogens is 166 g/mol. The van der Waals surface area contributed by atoms with Crippen LogP contribution in [0.25, 0.3) is 0 Å². The van der Waals surface area contributed by atoms with Gasteiger partial charge in [0.1, 0.15) is 0 Å². The average molecular weight is 174 g/mol. The molecule has 3 heteroatoms. The Kier molecular flexibility index (Phi) is 5.05. The van der Waals surface area contributed by atoms with Gasteiger partial charge in [0.15, 0.2) is 0 Å². The monoisotopic (exact) mass is 173 g/mol. The summed E-state index contributed by atoms with van der Waals surface area (Å²) in [6, 6.07) is 3.96. The smallest absolute Gasteiger partial charge is 0.0768 e. The van der Waals surface area contributed by atoms with Crippen molar-refractivity contribution in [3.05, 3.63) is 22.4 Å². The van der Waals surface area contributed by atoms with E-state index in [1.807, 2.05) is 17.5 Å². The fourth-order valence-electron chi connectivity index (χ4n) is 0.488. The maximum absolute atomic E-state index is 5.18. The van der Waals surface area contributed by atoms with Crippen molar-refractivity contribution in [2.24, 2.45) is 5.73 Å². The van der Waals surface area contributed by atoms with E-state index in [-0.39, 0.29) is 12.4 Å². The summed E-state index contributed by atoms with van der Waals surface area (Å²) in [7, 11) is 0. The van der Waals surface area contributed by atoms with E-state index in [0.717, 1.165) is 4.88 Å². The van der Waals surface area contributed by atoms with Crippen molar-refractivity contribution in [2.75, 3.05) is 6.54 Å². The molecule has 54 valence electrons. The Bertz CT molecular complexity index is 219. The van der Waals surface area contributed by atoms with Crippen LogP contribution in [0.3, 0.4) is 0 Å². The molecular formula is C7H8ClNS. The zero-order valence-electron chi connectivity index (χ0n) is 5.33. The van der Waals surface area contributed by atoms with Crippen LogP contribution >= 0.6 is 23.7 Å². The van der Waals surface area contributed by atoms with E-state index >= 15 is 0 Å². The van der Waals surface area contributed by atoms with Crippen molar-refractivity contribution in [1.29, 1.82) is 0 Å². The van der Waals surface area contributed by atoms with Gasteiger partial charge in [-0.3, -0.25) is 0 Å². The second-order valence-corrected chi connectivity index (χ2v) is 2.43. The van der Waals surface area contributed by atoms with Crippen molar-refractivity contribution in [2.45, 2.75) is 0 Å². The van der Waals surface area contributed by atoms with Crippen molar-refractivity contribution in [3.8, 4) is 11.8 Å². The largest absolute Gasteiger partial charge is 0.320 e. The van der Waals surface area contributed by atoms with E-state index in [1.165, 1.54) is 0 Å². The van der Waals surface area contributed by atoms with Gasteiger partial charge in [-0.25, -0.2) is 0 Å². The van der Waals surface area contributed by atoms with Gasteiger partial charge in [0.2, 0.25) is 0 Å². The summed E-state index contributed by atoms with van der Waals surface area (Å²) in [5.74, 6) is 5.71. The summed E-state index contributed by atoms with van der Waals surface area (Å²) in [6.07, 6.45) is 0. The first-order valence-corrected chi connectivity index (χ1v) is 3.54. The highest BCUT2D eigenvalue weighted by Crippen LogP contribution is 2.04. The van der Waals surface area contributed by atoms with Gasteiger partial charge in [-0.05, 0) is 11.4 Å². The molecule has 0 bridgehead atoms. The molecule has 10 heavy (non-hydrogen) atoms. The Balaban J connectivity index is 0.000000810. The lowest BCUT2D eigenvalue weighted by Crippen LogP contribution is -1.92. The number of hydrogen-bond donors (Lipinski definition) is 1. The van der Waals surface area contributed by atoms with Gasteiger partial charge >= 0.3 is 0 Å². The first-order chi connectivity index (χ1) is 4.43. The minimum absolute atomic E-state index is 0. The molecule has 0 aliphatic rings. The summed E-state index contributed by atoms with van der Waals surface area (Å²) in [5.41, 5.74) is 5.18. The zero-order valence-corrected chi connectivity index (χ0v) is 6.97. The van der Waals surface area contributed by atoms with Gasteiger partial charge < -0.3 is 5.73 Å². The summed E-state index contributed by atoms with van der Waals surface area (Å²) in [6.45, 7) is 0.442. The highest BCUT2D eigenvalue weighted by molar-refractivity contribution is 7.10. The number of rotatable bonds is 0. The van der Waals surface area contributed by atoms with Crippen molar-refractivity contribution < 1.29 is 0 Å². The Labute approximate surface area is 70.7 Å². The zero-order chi connectivity index (χ0) is 6.53. The highest BCUT2D eigenvalue weighted by atomic mass is 35.5. The molecule has 0 spiro atoms. The van der Waals surface area contributed by atoms with Gasteiger partial charge in [0.25, 0.3) is 0 Å². The molecule has 0 fully saturated rings. The molecule has 0 saturated heterocycles. The second kappa shape index (κ2) is 5.31. The van der Waals surface area contributed by atoms with Crippen LogP contribution in [0.5, 0.6) is 0 Å². The van der Waals surface area contributed by atoms with Gasteiger partial charge in [-0.15, -0.1) is 23.7 Å².